The van der Waals surface area contributed by atoms with Crippen LogP contribution in [0.15, 0.2) is 42.5 Å². The van der Waals surface area contributed by atoms with Gasteiger partial charge in [0.05, 0.1) is 17.2 Å². The van der Waals surface area contributed by atoms with E-state index in [2.05, 4.69) is 92.9 Å². The van der Waals surface area contributed by atoms with Crippen molar-refractivity contribution in [3.63, 3.8) is 0 Å². The monoisotopic (exact) mass is 673 g/mol. The molecule has 0 spiro atoms. The normalized spacial score (nSPS) is 29.3. The SMILES string of the molecule is CC(C)(C)[Si](C)(C)Oc1ccc2c(c1)CC[C@@H]1[C@@H]2[C@@H](CCN2C(=O)c3ccccc3C2=O)C[C@]2(C)[C@@H](O[Si](C)(C)C(C)(C)C)CC[C@@H]12. The maximum atomic E-state index is 13.4. The Morgan fingerprint density at radius 2 is 1.47 bits per heavy atom. The highest BCUT2D eigenvalue weighted by atomic mass is 28.4. The van der Waals surface area contributed by atoms with Gasteiger partial charge in [-0.2, -0.15) is 0 Å². The standard InChI is InChI=1S/C40H59NO4Si2/c1-38(2,3)46(8,9)44-28-17-19-29-26(24-28)16-18-32-33-20-21-34(45-47(10,11)39(4,5)6)40(33,7)25-27(35(29)32)22-23-41-36(42)30-14-12-13-15-31(30)37(41)43/h12-15,17,19,24,27,32-35H,16,18,20-23,25H2,1-11H3/t27-,32-,33-,34-,35+,40-/m0/s1. The molecule has 5 nitrogen and oxygen atoms in total. The maximum absolute atomic E-state index is 13.4. The quantitative estimate of drug-likeness (QED) is 0.217. The number of nitrogens with zero attached hydrogens (tertiary/aromatic N) is 1. The van der Waals surface area contributed by atoms with Crippen molar-refractivity contribution < 1.29 is 18.4 Å². The Hall–Kier alpha value is -2.23. The summed E-state index contributed by atoms with van der Waals surface area (Å²) in [5, 5.41) is 0.306. The first kappa shape index (κ1) is 34.6. The number of rotatable bonds is 7. The molecule has 1 heterocycles. The van der Waals surface area contributed by atoms with Gasteiger partial charge in [0.2, 0.25) is 8.32 Å². The lowest BCUT2D eigenvalue weighted by molar-refractivity contribution is -0.0454. The van der Waals surface area contributed by atoms with Gasteiger partial charge in [-0.05, 0) is 139 Å². The van der Waals surface area contributed by atoms with Gasteiger partial charge in [0, 0.05) is 6.54 Å². The topological polar surface area (TPSA) is 55.8 Å². The molecule has 0 unspecified atom stereocenters. The molecule has 256 valence electrons. The number of fused-ring (bicyclic) bond motifs is 6. The second-order valence-electron chi connectivity index (χ2n) is 18.6. The van der Waals surface area contributed by atoms with Crippen LogP contribution in [0.4, 0.5) is 0 Å². The molecule has 2 fully saturated rings. The summed E-state index contributed by atoms with van der Waals surface area (Å²) in [7, 11) is -3.91. The summed E-state index contributed by atoms with van der Waals surface area (Å²) >= 11 is 0. The predicted molar refractivity (Wildman–Crippen MR) is 196 cm³/mol. The zero-order valence-electron chi connectivity index (χ0n) is 31.0. The van der Waals surface area contributed by atoms with E-state index in [0.29, 0.717) is 41.3 Å². The molecule has 0 bridgehead atoms. The molecule has 2 saturated carbocycles. The summed E-state index contributed by atoms with van der Waals surface area (Å²) in [6.45, 7) is 26.4. The molecular weight excluding hydrogens is 615 g/mol. The molecule has 0 saturated heterocycles. The molecule has 3 aliphatic carbocycles. The van der Waals surface area contributed by atoms with E-state index in [1.165, 1.54) is 28.9 Å². The minimum Gasteiger partial charge on any atom is -0.543 e. The van der Waals surface area contributed by atoms with Crippen LogP contribution in [0.2, 0.25) is 36.3 Å². The number of hydrogen-bond donors (Lipinski definition) is 0. The van der Waals surface area contributed by atoms with Crippen LogP contribution in [0.5, 0.6) is 5.75 Å². The van der Waals surface area contributed by atoms with Crippen molar-refractivity contribution in [3.05, 3.63) is 64.7 Å². The summed E-state index contributed by atoms with van der Waals surface area (Å²) in [5.74, 6) is 2.71. The Bertz CT molecular complexity index is 1520. The zero-order chi connectivity index (χ0) is 34.3. The first-order valence-corrected chi connectivity index (χ1v) is 24.0. The Morgan fingerprint density at radius 1 is 0.851 bits per heavy atom. The molecule has 0 radical (unpaired) electrons. The van der Waals surface area contributed by atoms with Crippen LogP contribution in [0.3, 0.4) is 0 Å². The van der Waals surface area contributed by atoms with Gasteiger partial charge in [-0.15, -0.1) is 0 Å². The highest BCUT2D eigenvalue weighted by Gasteiger charge is 2.59. The second-order valence-corrected chi connectivity index (χ2v) is 28.0. The van der Waals surface area contributed by atoms with E-state index < -0.39 is 16.6 Å². The van der Waals surface area contributed by atoms with Crippen LogP contribution in [-0.2, 0) is 10.8 Å². The fraction of sp³-hybridized carbons (Fsp3) is 0.650. The molecule has 2 aromatic rings. The minimum atomic E-state index is -1.96. The predicted octanol–water partition coefficient (Wildman–Crippen LogP) is 10.2. The van der Waals surface area contributed by atoms with Crippen molar-refractivity contribution in [1.29, 1.82) is 0 Å². The number of benzene rings is 2. The van der Waals surface area contributed by atoms with Crippen molar-refractivity contribution >= 4 is 28.4 Å². The van der Waals surface area contributed by atoms with Gasteiger partial charge in [0.1, 0.15) is 5.75 Å². The molecule has 2 amide bonds. The molecule has 1 aliphatic heterocycles. The Kier molecular flexibility index (Phi) is 8.61. The van der Waals surface area contributed by atoms with E-state index in [-0.39, 0.29) is 33.4 Å². The van der Waals surface area contributed by atoms with E-state index in [4.69, 9.17) is 8.85 Å². The van der Waals surface area contributed by atoms with E-state index in [1.54, 1.807) is 12.1 Å². The molecular formula is C40H59NO4Si2. The molecule has 6 atom stereocenters. The number of aryl methyl sites for hydroxylation is 1. The summed E-state index contributed by atoms with van der Waals surface area (Å²) in [5.41, 5.74) is 4.09. The maximum Gasteiger partial charge on any atom is 0.261 e. The van der Waals surface area contributed by atoms with Crippen LogP contribution in [0.1, 0.15) is 118 Å². The fourth-order valence-corrected chi connectivity index (χ4v) is 11.5. The Labute approximate surface area is 286 Å². The smallest absolute Gasteiger partial charge is 0.261 e. The summed E-state index contributed by atoms with van der Waals surface area (Å²) in [6, 6.07) is 14.2. The highest BCUT2D eigenvalue weighted by molar-refractivity contribution is 6.75. The Balaban J connectivity index is 1.33. The molecule has 2 aromatic carbocycles. The van der Waals surface area contributed by atoms with E-state index in [9.17, 15) is 9.59 Å². The summed E-state index contributed by atoms with van der Waals surface area (Å²) in [6.07, 6.45) is 6.77. The van der Waals surface area contributed by atoms with E-state index >= 15 is 0 Å². The van der Waals surface area contributed by atoms with Gasteiger partial charge in [-0.3, -0.25) is 14.5 Å². The van der Waals surface area contributed by atoms with Crippen LogP contribution in [0.25, 0.3) is 0 Å². The number of imide groups is 1. The van der Waals surface area contributed by atoms with Gasteiger partial charge in [-0.1, -0.05) is 66.7 Å². The summed E-state index contributed by atoms with van der Waals surface area (Å²) < 4.78 is 14.1. The molecule has 0 N–H and O–H groups in total. The zero-order valence-corrected chi connectivity index (χ0v) is 33.0. The third-order valence-electron chi connectivity index (χ3n) is 13.8. The first-order valence-electron chi connectivity index (χ1n) is 18.2. The second kappa shape index (κ2) is 11.7. The lowest BCUT2D eigenvalue weighted by Crippen LogP contribution is -2.52. The number of carbonyl (C=O) groups excluding carboxylic acids is 2. The highest BCUT2D eigenvalue weighted by Crippen LogP contribution is 2.65. The van der Waals surface area contributed by atoms with Gasteiger partial charge in [0.15, 0.2) is 8.32 Å². The van der Waals surface area contributed by atoms with Crippen molar-refractivity contribution in [1.82, 2.24) is 4.90 Å². The molecule has 6 rings (SSSR count). The van der Waals surface area contributed by atoms with Gasteiger partial charge < -0.3 is 8.85 Å². The minimum absolute atomic E-state index is 0.0895. The van der Waals surface area contributed by atoms with Crippen molar-refractivity contribution in [3.8, 4) is 5.75 Å². The molecule has 47 heavy (non-hydrogen) atoms. The average Bonchev–Trinajstić information content (AvgIpc) is 3.42. The van der Waals surface area contributed by atoms with Crippen LogP contribution in [-0.4, -0.2) is 46.0 Å². The average molecular weight is 674 g/mol. The molecule has 4 aliphatic rings. The van der Waals surface area contributed by atoms with Crippen molar-refractivity contribution in [2.24, 2.45) is 23.2 Å². The van der Waals surface area contributed by atoms with E-state index in [1.807, 2.05) is 12.1 Å². The third-order valence-corrected chi connectivity index (χ3v) is 22.6. The van der Waals surface area contributed by atoms with Crippen molar-refractivity contribution in [2.75, 3.05) is 6.54 Å². The summed E-state index contributed by atoms with van der Waals surface area (Å²) in [4.78, 5) is 28.3. The number of hydrogen-bond acceptors (Lipinski definition) is 4. The van der Waals surface area contributed by atoms with Crippen LogP contribution < -0.4 is 4.43 Å². The lowest BCUT2D eigenvalue weighted by atomic mass is 9.51. The van der Waals surface area contributed by atoms with Crippen molar-refractivity contribution in [2.45, 2.75) is 135 Å². The number of amides is 2. The van der Waals surface area contributed by atoms with Gasteiger partial charge >= 0.3 is 0 Å². The van der Waals surface area contributed by atoms with E-state index in [0.717, 1.165) is 31.4 Å². The van der Waals surface area contributed by atoms with Gasteiger partial charge in [0.25, 0.3) is 11.8 Å². The first-order chi connectivity index (χ1) is 21.7. The van der Waals surface area contributed by atoms with Crippen LogP contribution in [0, 0.1) is 23.2 Å². The number of carbonyl (C=O) groups is 2. The Morgan fingerprint density at radius 3 is 2.06 bits per heavy atom. The molecule has 7 heteroatoms. The fourth-order valence-electron chi connectivity index (χ4n) is 9.07. The van der Waals surface area contributed by atoms with Crippen LogP contribution >= 0.6 is 0 Å². The third kappa shape index (κ3) is 5.90. The molecule has 0 aromatic heterocycles. The van der Waals surface area contributed by atoms with Gasteiger partial charge in [-0.25, -0.2) is 0 Å². The lowest BCUT2D eigenvalue weighted by Gasteiger charge is -2.55. The largest absolute Gasteiger partial charge is 0.543 e.